The number of carbonyl (C=O) groups is 1. The number of rotatable bonds is 4. The van der Waals surface area contributed by atoms with Crippen molar-refractivity contribution in [3.63, 3.8) is 0 Å². The van der Waals surface area contributed by atoms with E-state index in [-0.39, 0.29) is 10.6 Å². The Morgan fingerprint density at radius 3 is 2.19 bits per heavy atom. The monoisotopic (exact) mass is 454 g/mol. The Hall–Kier alpha value is -1.90. The van der Waals surface area contributed by atoms with Gasteiger partial charge in [0, 0.05) is 19.6 Å². The summed E-state index contributed by atoms with van der Waals surface area (Å²) in [5.41, 5.74) is 1.74. The van der Waals surface area contributed by atoms with Crippen molar-refractivity contribution < 1.29 is 31.5 Å². The second kappa shape index (κ2) is 9.16. The summed E-state index contributed by atoms with van der Waals surface area (Å²) in [5, 5.41) is 15.8. The van der Waals surface area contributed by atoms with E-state index in [1.165, 1.54) is 29.8 Å². The molecule has 0 bridgehead atoms. The highest BCUT2D eigenvalue weighted by Gasteiger charge is 2.38. The molecule has 1 aromatic carbocycles. The predicted octanol–water partition coefficient (Wildman–Crippen LogP) is 2.56. The van der Waals surface area contributed by atoms with Crippen LogP contribution in [0.2, 0.25) is 0 Å². The summed E-state index contributed by atoms with van der Waals surface area (Å²) < 4.78 is 55.9. The van der Waals surface area contributed by atoms with Crippen LogP contribution in [0.3, 0.4) is 0 Å². The number of nitrogens with zero attached hydrogens (tertiary/aromatic N) is 2. The Morgan fingerprint density at radius 2 is 1.81 bits per heavy atom. The molecule has 6 nitrogen and oxygen atoms in total. The highest BCUT2D eigenvalue weighted by atomic mass is 79.9. The Balaban J connectivity index is 0.000000412. The molecule has 0 aromatic heterocycles. The number of carboxylic acids is 1. The smallest absolute Gasteiger partial charge is 0.475 e. The fraction of sp³-hybridized carbons (Fsp3) is 0.333. The average Bonchev–Trinajstić information content (AvgIpc) is 2.53. The van der Waals surface area contributed by atoms with Gasteiger partial charge in [0.2, 0.25) is 0 Å². The van der Waals surface area contributed by atoms with E-state index >= 15 is 0 Å². The van der Waals surface area contributed by atoms with Crippen LogP contribution in [-0.2, 0) is 14.6 Å². The highest BCUT2D eigenvalue weighted by Crippen LogP contribution is 2.17. The molecule has 0 aliphatic carbocycles. The van der Waals surface area contributed by atoms with Crippen LogP contribution in [0.1, 0.15) is 5.56 Å². The van der Waals surface area contributed by atoms with Gasteiger partial charge in [-0.2, -0.15) is 18.4 Å². The molecule has 0 radical (unpaired) electrons. The normalized spacial score (nSPS) is 14.5. The first-order valence-electron chi connectivity index (χ1n) is 7.03. The Labute approximate surface area is 156 Å². The van der Waals surface area contributed by atoms with Crippen LogP contribution in [0, 0.1) is 11.3 Å². The van der Waals surface area contributed by atoms with Gasteiger partial charge in [0.05, 0.1) is 22.3 Å². The van der Waals surface area contributed by atoms with Crippen molar-refractivity contribution in [2.75, 3.05) is 25.4 Å². The number of sulfone groups is 1. The molecular formula is C15H14BrF3N2O4S. The molecule has 1 N–H and O–H groups in total. The number of nitriles is 1. The van der Waals surface area contributed by atoms with E-state index in [9.17, 15) is 21.6 Å². The molecule has 142 valence electrons. The number of likely N-dealkylation sites (tertiary alicyclic amines) is 1. The summed E-state index contributed by atoms with van der Waals surface area (Å²) in [7, 11) is -3.26. The van der Waals surface area contributed by atoms with E-state index in [4.69, 9.17) is 15.2 Å². The fourth-order valence-corrected chi connectivity index (χ4v) is 3.43. The lowest BCUT2D eigenvalue weighted by atomic mass is 10.1. The van der Waals surface area contributed by atoms with Crippen LogP contribution in [0.25, 0.3) is 0 Å². The van der Waals surface area contributed by atoms with Crippen molar-refractivity contribution in [2.45, 2.75) is 11.1 Å². The third kappa shape index (κ3) is 6.78. The Morgan fingerprint density at radius 1 is 1.31 bits per heavy atom. The van der Waals surface area contributed by atoms with E-state index in [0.29, 0.717) is 12.1 Å². The molecular weight excluding hydrogens is 441 g/mol. The van der Waals surface area contributed by atoms with E-state index in [1.54, 1.807) is 0 Å². The van der Waals surface area contributed by atoms with Crippen LogP contribution in [0.15, 0.2) is 39.7 Å². The van der Waals surface area contributed by atoms with E-state index < -0.39 is 22.0 Å². The van der Waals surface area contributed by atoms with E-state index in [2.05, 4.69) is 20.8 Å². The minimum absolute atomic E-state index is 0.106. The maximum atomic E-state index is 12.1. The van der Waals surface area contributed by atoms with Crippen molar-refractivity contribution in [2.24, 2.45) is 0 Å². The lowest BCUT2D eigenvalue weighted by molar-refractivity contribution is -0.192. The first kappa shape index (κ1) is 22.1. The quantitative estimate of drug-likeness (QED) is 0.750. The fourth-order valence-electron chi connectivity index (χ4n) is 1.86. The molecule has 1 fully saturated rings. The minimum atomic E-state index is -5.08. The maximum Gasteiger partial charge on any atom is 0.490 e. The van der Waals surface area contributed by atoms with Gasteiger partial charge in [0.1, 0.15) is 0 Å². The molecule has 0 saturated carbocycles. The third-order valence-corrected chi connectivity index (χ3v) is 5.63. The Kier molecular flexibility index (Phi) is 7.80. The number of carboxylic acid groups (broad SMARTS) is 1. The SMILES string of the molecule is N#Cc1ccc(S(=O)(=O)CCN2CC(=CBr)C2)cc1.O=C(O)C(F)(F)F. The largest absolute Gasteiger partial charge is 0.490 e. The number of halogens is 4. The number of hydrogen-bond acceptors (Lipinski definition) is 5. The summed E-state index contributed by atoms with van der Waals surface area (Å²) in [5.74, 6) is -2.65. The molecule has 1 aliphatic rings. The van der Waals surface area contributed by atoms with Crippen LogP contribution in [0.5, 0.6) is 0 Å². The highest BCUT2D eigenvalue weighted by molar-refractivity contribution is 9.11. The van der Waals surface area contributed by atoms with Crippen LogP contribution >= 0.6 is 15.9 Å². The molecule has 0 atom stereocenters. The molecule has 0 spiro atoms. The van der Waals surface area contributed by atoms with Crippen molar-refractivity contribution in [3.8, 4) is 6.07 Å². The molecule has 0 amide bonds. The van der Waals surface area contributed by atoms with Gasteiger partial charge in [0.15, 0.2) is 9.84 Å². The van der Waals surface area contributed by atoms with Gasteiger partial charge in [-0.15, -0.1) is 0 Å². The van der Waals surface area contributed by atoms with E-state index in [1.807, 2.05) is 11.1 Å². The second-order valence-corrected chi connectivity index (χ2v) is 7.80. The second-order valence-electron chi connectivity index (χ2n) is 5.24. The van der Waals surface area contributed by atoms with Crippen molar-refractivity contribution >= 4 is 31.7 Å². The molecule has 0 unspecified atom stereocenters. The first-order valence-corrected chi connectivity index (χ1v) is 9.60. The van der Waals surface area contributed by atoms with Gasteiger partial charge in [-0.3, -0.25) is 4.90 Å². The number of aliphatic carboxylic acids is 1. The van der Waals surface area contributed by atoms with Crippen LogP contribution < -0.4 is 0 Å². The maximum absolute atomic E-state index is 12.1. The van der Waals surface area contributed by atoms with Gasteiger partial charge >= 0.3 is 12.1 Å². The van der Waals surface area contributed by atoms with Gasteiger partial charge in [-0.1, -0.05) is 15.9 Å². The summed E-state index contributed by atoms with van der Waals surface area (Å²) in [4.78, 5) is 13.1. The summed E-state index contributed by atoms with van der Waals surface area (Å²) in [6.07, 6.45) is -5.08. The summed E-state index contributed by atoms with van der Waals surface area (Å²) in [6.45, 7) is 2.19. The minimum Gasteiger partial charge on any atom is -0.475 e. The lowest BCUT2D eigenvalue weighted by Crippen LogP contribution is -2.42. The average molecular weight is 455 g/mol. The third-order valence-electron chi connectivity index (χ3n) is 3.27. The number of alkyl halides is 3. The zero-order chi connectivity index (χ0) is 20.0. The van der Waals surface area contributed by atoms with Gasteiger partial charge in [-0.25, -0.2) is 13.2 Å². The van der Waals surface area contributed by atoms with Crippen molar-refractivity contribution in [1.82, 2.24) is 4.90 Å². The van der Waals surface area contributed by atoms with Crippen molar-refractivity contribution in [3.05, 3.63) is 40.4 Å². The molecule has 1 heterocycles. The predicted molar refractivity (Wildman–Crippen MR) is 90.4 cm³/mol. The van der Waals surface area contributed by atoms with E-state index in [0.717, 1.165) is 13.1 Å². The molecule has 26 heavy (non-hydrogen) atoms. The van der Waals surface area contributed by atoms with Gasteiger partial charge in [-0.05, 0) is 34.8 Å². The molecule has 1 saturated heterocycles. The molecule has 11 heteroatoms. The molecule has 1 aromatic rings. The zero-order valence-corrected chi connectivity index (χ0v) is 15.6. The first-order chi connectivity index (χ1) is 12.0. The summed E-state index contributed by atoms with van der Waals surface area (Å²) >= 11 is 3.26. The molecule has 2 rings (SSSR count). The number of benzene rings is 1. The van der Waals surface area contributed by atoms with Crippen molar-refractivity contribution in [1.29, 1.82) is 5.26 Å². The van der Waals surface area contributed by atoms with Gasteiger partial charge < -0.3 is 5.11 Å². The lowest BCUT2D eigenvalue weighted by Gasteiger charge is -2.33. The standard InChI is InChI=1S/C13H13BrN2O2S.C2HF3O2/c14-7-12-9-16(10-12)5-6-19(17,18)13-3-1-11(8-15)2-4-13;3-2(4,5)1(6)7/h1-4,7H,5-6,9-10H2;(H,6,7). The van der Waals surface area contributed by atoms with Crippen LogP contribution in [0.4, 0.5) is 13.2 Å². The Bertz CT molecular complexity index is 807. The zero-order valence-electron chi connectivity index (χ0n) is 13.2. The van der Waals surface area contributed by atoms with Gasteiger partial charge in [0.25, 0.3) is 0 Å². The van der Waals surface area contributed by atoms with Crippen LogP contribution in [-0.4, -0.2) is 56.0 Å². The summed E-state index contributed by atoms with van der Waals surface area (Å²) in [6, 6.07) is 8.02. The topological polar surface area (TPSA) is 98.5 Å². The molecule has 1 aliphatic heterocycles. The number of hydrogen-bond donors (Lipinski definition) is 1.